The SMILES string of the molecule is COc1ccnc(CN2CCOC[C@@H]2[C@H]2CCC[C@@H]2O)c1OC. The van der Waals surface area contributed by atoms with Crippen molar-refractivity contribution in [3.63, 3.8) is 0 Å². The summed E-state index contributed by atoms with van der Waals surface area (Å²) in [6.45, 7) is 2.91. The van der Waals surface area contributed by atoms with Crippen molar-refractivity contribution in [2.45, 2.75) is 38.0 Å². The van der Waals surface area contributed by atoms with Crippen molar-refractivity contribution in [1.82, 2.24) is 9.88 Å². The van der Waals surface area contributed by atoms with Gasteiger partial charge in [0, 0.05) is 37.3 Å². The van der Waals surface area contributed by atoms with Crippen LogP contribution in [-0.4, -0.2) is 61.1 Å². The van der Waals surface area contributed by atoms with Gasteiger partial charge in [0.15, 0.2) is 11.5 Å². The van der Waals surface area contributed by atoms with Gasteiger partial charge in [0.05, 0.1) is 33.5 Å². The molecule has 0 spiro atoms. The Morgan fingerprint density at radius 3 is 2.91 bits per heavy atom. The molecule has 128 valence electrons. The van der Waals surface area contributed by atoms with Gasteiger partial charge in [0.25, 0.3) is 0 Å². The molecule has 1 aliphatic carbocycles. The Kier molecular flexibility index (Phi) is 5.35. The van der Waals surface area contributed by atoms with Crippen molar-refractivity contribution in [2.75, 3.05) is 34.0 Å². The summed E-state index contributed by atoms with van der Waals surface area (Å²) >= 11 is 0. The summed E-state index contributed by atoms with van der Waals surface area (Å²) in [4.78, 5) is 6.85. The van der Waals surface area contributed by atoms with Crippen molar-refractivity contribution in [1.29, 1.82) is 0 Å². The van der Waals surface area contributed by atoms with Crippen molar-refractivity contribution < 1.29 is 19.3 Å². The Balaban J connectivity index is 1.79. The maximum atomic E-state index is 10.3. The molecule has 1 aliphatic heterocycles. The van der Waals surface area contributed by atoms with Crippen LogP contribution in [0.5, 0.6) is 11.5 Å². The monoisotopic (exact) mass is 322 g/mol. The van der Waals surface area contributed by atoms with E-state index in [4.69, 9.17) is 14.2 Å². The lowest BCUT2D eigenvalue weighted by atomic mass is 9.94. The van der Waals surface area contributed by atoms with Crippen molar-refractivity contribution >= 4 is 0 Å². The third-order valence-electron chi connectivity index (χ3n) is 5.03. The zero-order chi connectivity index (χ0) is 16.2. The van der Waals surface area contributed by atoms with E-state index in [1.807, 2.05) is 0 Å². The normalized spacial score (nSPS) is 28.7. The molecule has 2 fully saturated rings. The zero-order valence-electron chi connectivity index (χ0n) is 13.9. The number of aromatic nitrogens is 1. The van der Waals surface area contributed by atoms with Crippen LogP contribution >= 0.6 is 0 Å². The van der Waals surface area contributed by atoms with Crippen LogP contribution in [0.2, 0.25) is 0 Å². The van der Waals surface area contributed by atoms with Crippen LogP contribution in [-0.2, 0) is 11.3 Å². The minimum absolute atomic E-state index is 0.218. The fourth-order valence-corrected chi connectivity index (χ4v) is 3.82. The van der Waals surface area contributed by atoms with E-state index >= 15 is 0 Å². The van der Waals surface area contributed by atoms with E-state index in [9.17, 15) is 5.11 Å². The first-order chi connectivity index (χ1) is 11.2. The van der Waals surface area contributed by atoms with Gasteiger partial charge in [-0.15, -0.1) is 0 Å². The maximum Gasteiger partial charge on any atom is 0.183 e. The number of ether oxygens (including phenoxy) is 3. The Morgan fingerprint density at radius 2 is 2.22 bits per heavy atom. The van der Waals surface area contributed by atoms with E-state index < -0.39 is 0 Å². The van der Waals surface area contributed by atoms with E-state index in [0.717, 1.165) is 31.5 Å². The fourth-order valence-electron chi connectivity index (χ4n) is 3.82. The molecule has 0 unspecified atom stereocenters. The van der Waals surface area contributed by atoms with Crippen LogP contribution in [0, 0.1) is 5.92 Å². The fraction of sp³-hybridized carbons (Fsp3) is 0.706. The van der Waals surface area contributed by atoms with Gasteiger partial charge in [-0.05, 0) is 12.8 Å². The molecule has 2 heterocycles. The second-order valence-electron chi connectivity index (χ2n) is 6.27. The molecule has 1 aromatic heterocycles. The molecule has 0 radical (unpaired) electrons. The number of pyridine rings is 1. The van der Waals surface area contributed by atoms with Crippen LogP contribution in [0.3, 0.4) is 0 Å². The molecule has 2 aliphatic rings. The molecule has 1 saturated heterocycles. The number of morpholine rings is 1. The molecule has 0 amide bonds. The lowest BCUT2D eigenvalue weighted by Gasteiger charge is -2.40. The Bertz CT molecular complexity index is 525. The van der Waals surface area contributed by atoms with Gasteiger partial charge in [-0.3, -0.25) is 9.88 Å². The van der Waals surface area contributed by atoms with Crippen LogP contribution < -0.4 is 9.47 Å². The van der Waals surface area contributed by atoms with Crippen molar-refractivity contribution in [2.24, 2.45) is 5.92 Å². The molecule has 0 aromatic carbocycles. The minimum Gasteiger partial charge on any atom is -0.493 e. The van der Waals surface area contributed by atoms with Crippen LogP contribution in [0.25, 0.3) is 0 Å². The van der Waals surface area contributed by atoms with E-state index in [-0.39, 0.29) is 18.1 Å². The second-order valence-corrected chi connectivity index (χ2v) is 6.27. The molecule has 1 saturated carbocycles. The molecule has 0 bridgehead atoms. The Morgan fingerprint density at radius 1 is 1.35 bits per heavy atom. The molecule has 23 heavy (non-hydrogen) atoms. The summed E-state index contributed by atoms with van der Waals surface area (Å²) in [7, 11) is 3.27. The minimum atomic E-state index is -0.218. The Hall–Kier alpha value is -1.37. The summed E-state index contributed by atoms with van der Waals surface area (Å²) in [6, 6.07) is 2.04. The predicted molar refractivity (Wildman–Crippen MR) is 85.7 cm³/mol. The maximum absolute atomic E-state index is 10.3. The second kappa shape index (κ2) is 7.47. The lowest BCUT2D eigenvalue weighted by Crippen LogP contribution is -2.50. The van der Waals surface area contributed by atoms with Crippen LogP contribution in [0.15, 0.2) is 12.3 Å². The quantitative estimate of drug-likeness (QED) is 0.885. The molecule has 6 heteroatoms. The standard InChI is InChI=1S/C17H26N2O4/c1-21-16-6-7-18-13(17(16)22-2)10-19-8-9-23-11-14(19)12-4-3-5-15(12)20/h6-7,12,14-15,20H,3-5,8-11H2,1-2H3/t12-,14-,15+/m1/s1. The first-order valence-electron chi connectivity index (χ1n) is 8.30. The van der Waals surface area contributed by atoms with Gasteiger partial charge in [-0.25, -0.2) is 0 Å². The highest BCUT2D eigenvalue weighted by Gasteiger charge is 2.38. The summed E-state index contributed by atoms with van der Waals surface area (Å²) in [5.74, 6) is 1.67. The third-order valence-corrected chi connectivity index (χ3v) is 5.03. The number of methoxy groups -OCH3 is 2. The average Bonchev–Trinajstić information content (AvgIpc) is 3.01. The van der Waals surface area contributed by atoms with Crippen molar-refractivity contribution in [3.05, 3.63) is 18.0 Å². The number of aliphatic hydroxyl groups is 1. The molecular formula is C17H26N2O4. The van der Waals surface area contributed by atoms with Gasteiger partial charge in [-0.1, -0.05) is 6.42 Å². The summed E-state index contributed by atoms with van der Waals surface area (Å²) < 4.78 is 16.5. The zero-order valence-corrected chi connectivity index (χ0v) is 13.9. The first-order valence-corrected chi connectivity index (χ1v) is 8.30. The van der Waals surface area contributed by atoms with E-state index in [1.54, 1.807) is 26.5 Å². The molecular weight excluding hydrogens is 296 g/mol. The number of hydrogen-bond donors (Lipinski definition) is 1. The summed E-state index contributed by atoms with van der Waals surface area (Å²) in [5, 5.41) is 10.3. The highest BCUT2D eigenvalue weighted by molar-refractivity contribution is 5.42. The lowest BCUT2D eigenvalue weighted by molar-refractivity contribution is -0.0543. The van der Waals surface area contributed by atoms with E-state index in [0.29, 0.717) is 31.3 Å². The highest BCUT2D eigenvalue weighted by atomic mass is 16.5. The largest absolute Gasteiger partial charge is 0.493 e. The van der Waals surface area contributed by atoms with Crippen LogP contribution in [0.1, 0.15) is 25.0 Å². The number of aliphatic hydroxyl groups excluding tert-OH is 1. The number of nitrogens with zero attached hydrogens (tertiary/aromatic N) is 2. The molecule has 1 aromatic rings. The summed E-state index contributed by atoms with van der Waals surface area (Å²) in [5.41, 5.74) is 0.867. The topological polar surface area (TPSA) is 64.1 Å². The van der Waals surface area contributed by atoms with Gasteiger partial charge in [0.1, 0.15) is 5.69 Å². The molecule has 3 atom stereocenters. The number of rotatable bonds is 5. The smallest absolute Gasteiger partial charge is 0.183 e. The van der Waals surface area contributed by atoms with Gasteiger partial charge in [-0.2, -0.15) is 0 Å². The average molecular weight is 322 g/mol. The third kappa shape index (κ3) is 3.44. The Labute approximate surface area is 137 Å². The molecule has 6 nitrogen and oxygen atoms in total. The van der Waals surface area contributed by atoms with Gasteiger partial charge >= 0.3 is 0 Å². The van der Waals surface area contributed by atoms with E-state index in [2.05, 4.69) is 9.88 Å². The van der Waals surface area contributed by atoms with E-state index in [1.165, 1.54) is 0 Å². The molecule has 3 rings (SSSR count). The predicted octanol–water partition coefficient (Wildman–Crippen LogP) is 1.46. The van der Waals surface area contributed by atoms with Gasteiger partial charge < -0.3 is 19.3 Å². The number of hydrogen-bond acceptors (Lipinski definition) is 6. The van der Waals surface area contributed by atoms with Gasteiger partial charge in [0.2, 0.25) is 0 Å². The first kappa shape index (κ1) is 16.5. The summed E-state index contributed by atoms with van der Waals surface area (Å²) in [6.07, 6.45) is 4.58. The van der Waals surface area contributed by atoms with Crippen LogP contribution in [0.4, 0.5) is 0 Å². The molecule has 1 N–H and O–H groups in total. The highest BCUT2D eigenvalue weighted by Crippen LogP contribution is 2.35. The van der Waals surface area contributed by atoms with Crippen molar-refractivity contribution in [3.8, 4) is 11.5 Å².